The minimum atomic E-state index is -0.547. The second-order valence-corrected chi connectivity index (χ2v) is 3.90. The Morgan fingerprint density at radius 1 is 1.43 bits per heavy atom. The van der Waals surface area contributed by atoms with Gasteiger partial charge in [-0.1, -0.05) is 18.2 Å². The topological polar surface area (TPSA) is 34.1 Å². The van der Waals surface area contributed by atoms with E-state index in [1.165, 1.54) is 6.08 Å². The van der Waals surface area contributed by atoms with Crippen molar-refractivity contribution in [2.24, 2.45) is 5.92 Å². The molecule has 2 aliphatic rings. The molecule has 0 aromatic carbocycles. The van der Waals surface area contributed by atoms with Gasteiger partial charge in [-0.25, -0.2) is 0 Å². The van der Waals surface area contributed by atoms with E-state index in [2.05, 4.69) is 0 Å². The van der Waals surface area contributed by atoms with Crippen LogP contribution < -0.4 is 0 Å². The molecule has 0 bridgehead atoms. The maximum atomic E-state index is 11.3. The van der Waals surface area contributed by atoms with Crippen LogP contribution in [0.1, 0.15) is 6.42 Å². The van der Waals surface area contributed by atoms with Gasteiger partial charge in [0, 0.05) is 5.92 Å². The van der Waals surface area contributed by atoms with E-state index in [4.69, 9.17) is 11.6 Å². The molecule has 2 unspecified atom stereocenters. The Morgan fingerprint density at radius 3 is 2.93 bits per heavy atom. The quantitative estimate of drug-likeness (QED) is 0.487. The van der Waals surface area contributed by atoms with E-state index in [1.807, 2.05) is 6.08 Å². The van der Waals surface area contributed by atoms with Gasteiger partial charge >= 0.3 is 0 Å². The van der Waals surface area contributed by atoms with Gasteiger partial charge in [-0.3, -0.25) is 9.59 Å². The summed E-state index contributed by atoms with van der Waals surface area (Å²) in [5.41, 5.74) is 1.66. The van der Waals surface area contributed by atoms with Crippen LogP contribution >= 0.6 is 11.6 Å². The van der Waals surface area contributed by atoms with E-state index >= 15 is 0 Å². The molecule has 0 saturated carbocycles. The number of alkyl halides is 1. The largest absolute Gasteiger partial charge is 0.298 e. The second kappa shape index (κ2) is 3.54. The van der Waals surface area contributed by atoms with Gasteiger partial charge in [-0.05, 0) is 23.6 Å². The van der Waals surface area contributed by atoms with Crippen molar-refractivity contribution in [2.75, 3.05) is 0 Å². The van der Waals surface area contributed by atoms with Crippen LogP contribution in [0.5, 0.6) is 0 Å². The summed E-state index contributed by atoms with van der Waals surface area (Å²) >= 11 is 5.94. The predicted octanol–water partition coefficient (Wildman–Crippen LogP) is 1.80. The Hall–Kier alpha value is -1.15. The summed E-state index contributed by atoms with van der Waals surface area (Å²) < 4.78 is 0. The van der Waals surface area contributed by atoms with Crippen molar-refractivity contribution in [3.8, 4) is 0 Å². The number of carbonyl (C=O) groups is 2. The van der Waals surface area contributed by atoms with Crippen LogP contribution in [0.15, 0.2) is 35.5 Å². The van der Waals surface area contributed by atoms with Crippen molar-refractivity contribution < 1.29 is 9.59 Å². The molecule has 0 spiro atoms. The molecule has 2 nitrogen and oxygen atoms in total. The normalized spacial score (nSPS) is 30.5. The van der Waals surface area contributed by atoms with Gasteiger partial charge < -0.3 is 0 Å². The molecule has 0 saturated heterocycles. The summed E-state index contributed by atoms with van der Waals surface area (Å²) in [6, 6.07) is 0. The lowest BCUT2D eigenvalue weighted by Gasteiger charge is -2.26. The molecule has 0 aliphatic heterocycles. The highest BCUT2D eigenvalue weighted by atomic mass is 35.5. The molecule has 2 atom stereocenters. The first kappa shape index (κ1) is 9.41. The molecule has 0 radical (unpaired) electrons. The molecular formula is C11H9ClO2. The molecule has 0 N–H and O–H groups in total. The summed E-state index contributed by atoms with van der Waals surface area (Å²) in [4.78, 5) is 21.8. The number of hydrogen-bond acceptors (Lipinski definition) is 2. The average Bonchev–Trinajstić information content (AvgIpc) is 2.23. The lowest BCUT2D eigenvalue weighted by Crippen LogP contribution is -2.26. The van der Waals surface area contributed by atoms with Gasteiger partial charge in [0.25, 0.3) is 0 Å². The molecule has 0 fully saturated rings. The molecule has 3 heteroatoms. The number of aldehydes is 1. The smallest absolute Gasteiger partial charge is 0.177 e. The molecule has 2 aliphatic carbocycles. The number of halogens is 1. The van der Waals surface area contributed by atoms with E-state index in [0.717, 1.165) is 17.4 Å². The zero-order valence-electron chi connectivity index (χ0n) is 7.44. The third kappa shape index (κ3) is 1.46. The number of carbonyl (C=O) groups excluding carboxylic acids is 2. The number of ketones is 1. The summed E-state index contributed by atoms with van der Waals surface area (Å²) in [6.07, 6.45) is 8.36. The van der Waals surface area contributed by atoms with E-state index in [0.29, 0.717) is 6.42 Å². The van der Waals surface area contributed by atoms with Crippen LogP contribution in [-0.2, 0) is 9.59 Å². The maximum Gasteiger partial charge on any atom is 0.177 e. The molecule has 0 aromatic rings. The standard InChI is InChI=1S/C11H9ClO2/c12-11-9-3-1-7(6-13)5-8(9)2-4-10(11)14/h1-4,6,8,11H,5H2. The third-order valence-corrected chi connectivity index (χ3v) is 3.03. The van der Waals surface area contributed by atoms with Gasteiger partial charge in [0.2, 0.25) is 0 Å². The number of hydrogen-bond donors (Lipinski definition) is 0. The SMILES string of the molecule is O=CC1=CC=C2C(C=CC(=O)C2Cl)C1. The zero-order chi connectivity index (χ0) is 10.1. The first-order valence-corrected chi connectivity index (χ1v) is 4.88. The molecule has 2 rings (SSSR count). The van der Waals surface area contributed by atoms with Crippen LogP contribution in [-0.4, -0.2) is 17.4 Å². The predicted molar refractivity (Wildman–Crippen MR) is 54.1 cm³/mol. The highest BCUT2D eigenvalue weighted by molar-refractivity contribution is 6.35. The summed E-state index contributed by atoms with van der Waals surface area (Å²) in [7, 11) is 0. The lowest BCUT2D eigenvalue weighted by molar-refractivity contribution is -0.114. The molecule has 0 aromatic heterocycles. The summed E-state index contributed by atoms with van der Waals surface area (Å²) in [6.45, 7) is 0. The van der Waals surface area contributed by atoms with Crippen molar-refractivity contribution >= 4 is 23.7 Å². The van der Waals surface area contributed by atoms with Gasteiger partial charge in [0.05, 0.1) is 0 Å². The van der Waals surface area contributed by atoms with E-state index in [9.17, 15) is 9.59 Å². The Morgan fingerprint density at radius 2 is 2.21 bits per heavy atom. The lowest BCUT2D eigenvalue weighted by atomic mass is 9.81. The molecular weight excluding hydrogens is 200 g/mol. The van der Waals surface area contributed by atoms with Gasteiger partial charge in [0.15, 0.2) is 5.78 Å². The number of allylic oxidation sites excluding steroid dienone is 6. The van der Waals surface area contributed by atoms with Crippen LogP contribution in [0.25, 0.3) is 0 Å². The van der Waals surface area contributed by atoms with Gasteiger partial charge in [-0.2, -0.15) is 0 Å². The average molecular weight is 209 g/mol. The molecule has 0 amide bonds. The maximum absolute atomic E-state index is 11.3. The van der Waals surface area contributed by atoms with E-state index in [1.54, 1.807) is 12.2 Å². The Labute approximate surface area is 86.9 Å². The minimum absolute atomic E-state index is 0.0721. The van der Waals surface area contributed by atoms with Crippen molar-refractivity contribution in [3.63, 3.8) is 0 Å². The van der Waals surface area contributed by atoms with Crippen molar-refractivity contribution in [1.29, 1.82) is 0 Å². The van der Waals surface area contributed by atoms with Gasteiger partial charge in [-0.15, -0.1) is 11.6 Å². The Balaban J connectivity index is 2.36. The summed E-state index contributed by atoms with van der Waals surface area (Å²) in [5, 5.41) is -0.547. The first-order valence-electron chi connectivity index (χ1n) is 4.44. The fraction of sp³-hybridized carbons (Fsp3) is 0.273. The van der Waals surface area contributed by atoms with Crippen molar-refractivity contribution in [2.45, 2.75) is 11.8 Å². The van der Waals surface area contributed by atoms with Gasteiger partial charge in [0.1, 0.15) is 11.7 Å². The minimum Gasteiger partial charge on any atom is -0.298 e. The fourth-order valence-electron chi connectivity index (χ4n) is 1.77. The first-order chi connectivity index (χ1) is 6.72. The zero-order valence-corrected chi connectivity index (χ0v) is 8.20. The molecule has 72 valence electrons. The Kier molecular flexibility index (Phi) is 2.38. The number of fused-ring (bicyclic) bond motifs is 1. The Bertz CT molecular complexity index is 377. The molecule has 0 heterocycles. The van der Waals surface area contributed by atoms with E-state index in [-0.39, 0.29) is 11.7 Å². The van der Waals surface area contributed by atoms with Crippen LogP contribution in [0.4, 0.5) is 0 Å². The third-order valence-electron chi connectivity index (χ3n) is 2.56. The van der Waals surface area contributed by atoms with Crippen LogP contribution in [0.3, 0.4) is 0 Å². The van der Waals surface area contributed by atoms with Crippen LogP contribution in [0, 0.1) is 5.92 Å². The second-order valence-electron chi connectivity index (χ2n) is 3.46. The van der Waals surface area contributed by atoms with Crippen LogP contribution in [0.2, 0.25) is 0 Å². The highest BCUT2D eigenvalue weighted by Crippen LogP contribution is 2.33. The molecule has 14 heavy (non-hydrogen) atoms. The summed E-state index contributed by atoms with van der Waals surface area (Å²) in [5.74, 6) is 0.0533. The monoisotopic (exact) mass is 208 g/mol. The highest BCUT2D eigenvalue weighted by Gasteiger charge is 2.29. The van der Waals surface area contributed by atoms with E-state index < -0.39 is 5.38 Å². The number of rotatable bonds is 1. The fourth-order valence-corrected chi connectivity index (χ4v) is 2.07. The van der Waals surface area contributed by atoms with Crippen molar-refractivity contribution in [1.82, 2.24) is 0 Å². The van der Waals surface area contributed by atoms with Crippen molar-refractivity contribution in [3.05, 3.63) is 35.5 Å².